The molecule has 2 unspecified atom stereocenters. The first-order valence-electron chi connectivity index (χ1n) is 7.41. The highest BCUT2D eigenvalue weighted by molar-refractivity contribution is 5.80. The van der Waals surface area contributed by atoms with Gasteiger partial charge >= 0.3 is 6.18 Å². The normalized spacial score (nSPS) is 29.9. The van der Waals surface area contributed by atoms with Crippen molar-refractivity contribution in [3.8, 4) is 0 Å². The van der Waals surface area contributed by atoms with E-state index in [-0.39, 0.29) is 17.9 Å². The van der Waals surface area contributed by atoms with Crippen LogP contribution >= 0.6 is 0 Å². The van der Waals surface area contributed by atoms with Crippen molar-refractivity contribution in [3.05, 3.63) is 0 Å². The first-order chi connectivity index (χ1) is 9.27. The Kier molecular flexibility index (Phi) is 4.33. The quantitative estimate of drug-likeness (QED) is 0.869. The molecule has 116 valence electrons. The number of hydrogen-bond donors (Lipinski definition) is 1. The van der Waals surface area contributed by atoms with Gasteiger partial charge in [0.25, 0.3) is 0 Å². The molecule has 0 spiro atoms. The Bertz CT molecular complexity index is 364. The number of halogens is 3. The van der Waals surface area contributed by atoms with Crippen LogP contribution in [0.25, 0.3) is 0 Å². The lowest BCUT2D eigenvalue weighted by Crippen LogP contribution is -2.69. The van der Waals surface area contributed by atoms with Crippen LogP contribution in [0.2, 0.25) is 0 Å². The fourth-order valence-corrected chi connectivity index (χ4v) is 3.58. The molecule has 20 heavy (non-hydrogen) atoms. The molecule has 0 aromatic carbocycles. The maximum absolute atomic E-state index is 13.0. The Morgan fingerprint density at radius 1 is 1.30 bits per heavy atom. The van der Waals surface area contributed by atoms with Gasteiger partial charge in [-0.15, -0.1) is 0 Å². The second-order valence-electron chi connectivity index (χ2n) is 6.35. The first-order valence-corrected chi connectivity index (χ1v) is 7.41. The lowest BCUT2D eigenvalue weighted by atomic mass is 9.76. The van der Waals surface area contributed by atoms with E-state index in [1.54, 1.807) is 0 Å². The number of rotatable bonds is 3. The Balaban J connectivity index is 1.98. The third kappa shape index (κ3) is 3.10. The maximum Gasteiger partial charge on any atom is 0.392 e. The zero-order valence-electron chi connectivity index (χ0n) is 11.9. The molecule has 1 saturated carbocycles. The van der Waals surface area contributed by atoms with E-state index in [2.05, 4.69) is 0 Å². The van der Waals surface area contributed by atoms with Gasteiger partial charge in [0, 0.05) is 19.0 Å². The second kappa shape index (κ2) is 5.54. The summed E-state index contributed by atoms with van der Waals surface area (Å²) in [5.41, 5.74) is 5.69. The molecule has 1 amide bonds. The van der Waals surface area contributed by atoms with Crippen molar-refractivity contribution in [1.82, 2.24) is 4.90 Å². The molecule has 2 aliphatic rings. The summed E-state index contributed by atoms with van der Waals surface area (Å²) in [6.07, 6.45) is -0.836. The van der Waals surface area contributed by atoms with Crippen molar-refractivity contribution in [2.75, 3.05) is 13.1 Å². The molecular weight excluding hydrogens is 269 g/mol. The minimum absolute atomic E-state index is 0.0798. The Labute approximate surface area is 117 Å². The number of carbonyl (C=O) groups excluding carboxylic acids is 1. The highest BCUT2D eigenvalue weighted by Crippen LogP contribution is 2.43. The number of nitrogens with two attached hydrogens (primary N) is 1. The van der Waals surface area contributed by atoms with Gasteiger partial charge in [0.2, 0.25) is 5.91 Å². The van der Waals surface area contributed by atoms with Gasteiger partial charge in [-0.2, -0.15) is 13.2 Å². The number of nitrogens with zero attached hydrogens (tertiary/aromatic N) is 1. The van der Waals surface area contributed by atoms with Gasteiger partial charge < -0.3 is 10.6 Å². The largest absolute Gasteiger partial charge is 0.392 e. The summed E-state index contributed by atoms with van der Waals surface area (Å²) in [5.74, 6) is -2.71. The topological polar surface area (TPSA) is 46.3 Å². The summed E-state index contributed by atoms with van der Waals surface area (Å²) < 4.78 is 39.0. The van der Waals surface area contributed by atoms with Crippen LogP contribution < -0.4 is 5.73 Å². The van der Waals surface area contributed by atoms with E-state index in [1.165, 1.54) is 4.90 Å². The van der Waals surface area contributed by atoms with Crippen LogP contribution in [0.5, 0.6) is 0 Å². The van der Waals surface area contributed by atoms with Crippen LogP contribution in [0.1, 0.15) is 45.4 Å². The van der Waals surface area contributed by atoms with Crippen LogP contribution in [-0.2, 0) is 4.79 Å². The SMILES string of the molecule is CCCC1(N)CN(C(=O)C2CCCCC2C(F)(F)F)C1. The van der Waals surface area contributed by atoms with Gasteiger partial charge in [-0.05, 0) is 19.3 Å². The summed E-state index contributed by atoms with van der Waals surface area (Å²) in [6.45, 7) is 2.82. The summed E-state index contributed by atoms with van der Waals surface area (Å²) in [6, 6.07) is 0. The molecule has 0 aromatic heterocycles. The van der Waals surface area contributed by atoms with E-state index < -0.39 is 18.0 Å². The molecule has 0 aromatic rings. The summed E-state index contributed by atoms with van der Waals surface area (Å²) in [4.78, 5) is 13.8. The lowest BCUT2D eigenvalue weighted by Gasteiger charge is -2.50. The molecule has 0 radical (unpaired) electrons. The third-order valence-electron chi connectivity index (χ3n) is 4.57. The van der Waals surface area contributed by atoms with Crippen LogP contribution in [0.15, 0.2) is 0 Å². The summed E-state index contributed by atoms with van der Waals surface area (Å²) in [7, 11) is 0. The monoisotopic (exact) mass is 292 g/mol. The number of hydrogen-bond acceptors (Lipinski definition) is 2. The van der Waals surface area contributed by atoms with Crippen molar-refractivity contribution in [2.45, 2.75) is 57.2 Å². The summed E-state index contributed by atoms with van der Waals surface area (Å²) in [5, 5.41) is 0. The first kappa shape index (κ1) is 15.6. The molecule has 2 N–H and O–H groups in total. The van der Waals surface area contributed by atoms with Gasteiger partial charge in [0.15, 0.2) is 0 Å². The van der Waals surface area contributed by atoms with Gasteiger partial charge in [-0.1, -0.05) is 26.2 Å². The fraction of sp³-hybridized carbons (Fsp3) is 0.929. The van der Waals surface area contributed by atoms with Gasteiger partial charge in [0.1, 0.15) is 0 Å². The molecule has 1 aliphatic carbocycles. The van der Waals surface area contributed by atoms with Crippen LogP contribution in [0.3, 0.4) is 0 Å². The molecule has 3 nitrogen and oxygen atoms in total. The molecule has 2 rings (SSSR count). The predicted octanol–water partition coefficient (Wildman–Crippen LogP) is 2.69. The van der Waals surface area contributed by atoms with E-state index in [1.807, 2.05) is 6.92 Å². The predicted molar refractivity (Wildman–Crippen MR) is 69.9 cm³/mol. The molecule has 0 bridgehead atoms. The van der Waals surface area contributed by atoms with Crippen molar-refractivity contribution in [1.29, 1.82) is 0 Å². The summed E-state index contributed by atoms with van der Waals surface area (Å²) >= 11 is 0. The Morgan fingerprint density at radius 3 is 2.45 bits per heavy atom. The average Bonchev–Trinajstić information content (AvgIpc) is 2.34. The number of alkyl halides is 3. The molecule has 1 heterocycles. The van der Waals surface area contributed by atoms with Gasteiger partial charge in [-0.3, -0.25) is 4.79 Å². The number of likely N-dealkylation sites (tertiary alicyclic amines) is 1. The zero-order chi connectivity index (χ0) is 15.0. The minimum atomic E-state index is -4.27. The minimum Gasteiger partial charge on any atom is -0.339 e. The smallest absolute Gasteiger partial charge is 0.339 e. The standard InChI is InChI=1S/C14H23F3N2O/c1-2-7-13(18)8-19(9-13)12(20)10-5-3-4-6-11(10)14(15,16)17/h10-11H,2-9,18H2,1H3. The molecule has 2 fully saturated rings. The molecule has 6 heteroatoms. The third-order valence-corrected chi connectivity index (χ3v) is 4.57. The number of carbonyl (C=O) groups is 1. The van der Waals surface area contributed by atoms with Crippen molar-refractivity contribution in [2.24, 2.45) is 17.6 Å². The second-order valence-corrected chi connectivity index (χ2v) is 6.35. The molecule has 1 aliphatic heterocycles. The van der Waals surface area contributed by atoms with Crippen LogP contribution in [0, 0.1) is 11.8 Å². The lowest BCUT2D eigenvalue weighted by molar-refractivity contribution is -0.202. The molecular formula is C14H23F3N2O. The van der Waals surface area contributed by atoms with Gasteiger partial charge in [0.05, 0.1) is 11.5 Å². The van der Waals surface area contributed by atoms with Crippen LogP contribution in [0.4, 0.5) is 13.2 Å². The number of amides is 1. The maximum atomic E-state index is 13.0. The molecule has 2 atom stereocenters. The Morgan fingerprint density at radius 2 is 1.90 bits per heavy atom. The zero-order valence-corrected chi connectivity index (χ0v) is 11.9. The van der Waals surface area contributed by atoms with E-state index in [4.69, 9.17) is 5.73 Å². The van der Waals surface area contributed by atoms with E-state index in [9.17, 15) is 18.0 Å². The van der Waals surface area contributed by atoms with Crippen LogP contribution in [-0.4, -0.2) is 35.6 Å². The van der Waals surface area contributed by atoms with Crippen molar-refractivity contribution >= 4 is 5.91 Å². The fourth-order valence-electron chi connectivity index (χ4n) is 3.58. The highest BCUT2D eigenvalue weighted by atomic mass is 19.4. The van der Waals surface area contributed by atoms with Crippen molar-refractivity contribution < 1.29 is 18.0 Å². The Hall–Kier alpha value is -0.780. The van der Waals surface area contributed by atoms with Gasteiger partial charge in [-0.25, -0.2) is 0 Å². The van der Waals surface area contributed by atoms with E-state index in [0.29, 0.717) is 32.4 Å². The van der Waals surface area contributed by atoms with E-state index >= 15 is 0 Å². The van der Waals surface area contributed by atoms with E-state index in [0.717, 1.165) is 12.8 Å². The highest BCUT2D eigenvalue weighted by Gasteiger charge is 2.51. The average molecular weight is 292 g/mol. The van der Waals surface area contributed by atoms with Crippen molar-refractivity contribution in [3.63, 3.8) is 0 Å². The molecule has 1 saturated heterocycles.